The average Bonchev–Trinajstić information content (AvgIpc) is 3.11. The molecule has 4 nitrogen and oxygen atoms in total. The molecular weight excluding hydrogens is 384 g/mol. The predicted octanol–water partition coefficient (Wildman–Crippen LogP) is 5.84. The fourth-order valence-corrected chi connectivity index (χ4v) is 5.28. The second kappa shape index (κ2) is 9.69. The highest BCUT2D eigenvalue weighted by Gasteiger charge is 2.31. The standard InChI is InChI=1S/C27H34N2O2/c1-3-4-17-28(20(2)21-10-6-5-7-11-21)22-14-15-26-24(19-22)23-12-8-9-13-25(23)29(26)18-16-27(30)31/h5-13,20,22H,3-4,14-19H2,1-2H3,(H,30,31)/t20?,22-/m1/s1. The maximum absolute atomic E-state index is 11.2. The van der Waals surface area contributed by atoms with Gasteiger partial charge in [0.1, 0.15) is 0 Å². The summed E-state index contributed by atoms with van der Waals surface area (Å²) in [5.74, 6) is -0.734. The Labute approximate surface area is 185 Å². The third kappa shape index (κ3) is 4.54. The molecule has 0 saturated carbocycles. The van der Waals surface area contributed by atoms with Crippen molar-refractivity contribution in [2.45, 2.75) is 71.0 Å². The maximum Gasteiger partial charge on any atom is 0.305 e. The van der Waals surface area contributed by atoms with E-state index in [2.05, 4.69) is 77.9 Å². The van der Waals surface area contributed by atoms with Crippen molar-refractivity contribution < 1.29 is 9.90 Å². The number of aliphatic carboxylic acids is 1. The zero-order chi connectivity index (χ0) is 21.8. The van der Waals surface area contributed by atoms with Crippen LogP contribution in [0, 0.1) is 0 Å². The van der Waals surface area contributed by atoms with Crippen molar-refractivity contribution >= 4 is 16.9 Å². The third-order valence-corrected chi connectivity index (χ3v) is 6.92. The normalized spacial score (nSPS) is 17.1. The van der Waals surface area contributed by atoms with Crippen molar-refractivity contribution in [2.24, 2.45) is 0 Å². The van der Waals surface area contributed by atoms with Crippen LogP contribution in [0.15, 0.2) is 54.6 Å². The molecule has 0 saturated heterocycles. The Balaban J connectivity index is 1.66. The van der Waals surface area contributed by atoms with E-state index in [0.717, 1.165) is 25.8 Å². The van der Waals surface area contributed by atoms with E-state index >= 15 is 0 Å². The molecule has 164 valence electrons. The predicted molar refractivity (Wildman–Crippen MR) is 126 cm³/mol. The number of aromatic nitrogens is 1. The van der Waals surface area contributed by atoms with Crippen LogP contribution in [0.5, 0.6) is 0 Å². The Hall–Kier alpha value is -2.59. The van der Waals surface area contributed by atoms with E-state index in [9.17, 15) is 9.90 Å². The van der Waals surface area contributed by atoms with E-state index in [1.807, 2.05) is 0 Å². The number of hydrogen-bond donors (Lipinski definition) is 1. The van der Waals surface area contributed by atoms with Gasteiger partial charge in [-0.3, -0.25) is 9.69 Å². The molecule has 0 amide bonds. The number of benzene rings is 2. The van der Waals surface area contributed by atoms with Gasteiger partial charge in [0.05, 0.1) is 6.42 Å². The van der Waals surface area contributed by atoms with Crippen LogP contribution in [-0.2, 0) is 24.2 Å². The van der Waals surface area contributed by atoms with Gasteiger partial charge in [-0.25, -0.2) is 0 Å². The maximum atomic E-state index is 11.2. The van der Waals surface area contributed by atoms with Gasteiger partial charge < -0.3 is 9.67 Å². The van der Waals surface area contributed by atoms with Crippen LogP contribution >= 0.6 is 0 Å². The second-order valence-corrected chi connectivity index (χ2v) is 8.81. The molecule has 4 heteroatoms. The number of rotatable bonds is 9. The smallest absolute Gasteiger partial charge is 0.305 e. The zero-order valence-corrected chi connectivity index (χ0v) is 18.8. The SMILES string of the molecule is CCCCN(C(C)c1ccccc1)[C@@H]1CCc2c(c3ccccc3n2CCC(=O)O)C1. The molecule has 0 radical (unpaired) electrons. The van der Waals surface area contributed by atoms with Crippen molar-refractivity contribution in [1.82, 2.24) is 9.47 Å². The van der Waals surface area contributed by atoms with Gasteiger partial charge in [-0.1, -0.05) is 61.9 Å². The number of carboxylic acid groups (broad SMARTS) is 1. The Kier molecular flexibility index (Phi) is 6.77. The van der Waals surface area contributed by atoms with Gasteiger partial charge in [-0.2, -0.15) is 0 Å². The molecular formula is C27H34N2O2. The van der Waals surface area contributed by atoms with E-state index < -0.39 is 5.97 Å². The van der Waals surface area contributed by atoms with Crippen LogP contribution < -0.4 is 0 Å². The number of carbonyl (C=O) groups is 1. The van der Waals surface area contributed by atoms with Gasteiger partial charge in [-0.15, -0.1) is 0 Å². The molecule has 0 aliphatic heterocycles. The molecule has 31 heavy (non-hydrogen) atoms. The molecule has 2 aromatic carbocycles. The van der Waals surface area contributed by atoms with Crippen LogP contribution in [0.25, 0.3) is 10.9 Å². The van der Waals surface area contributed by atoms with E-state index in [1.165, 1.54) is 40.6 Å². The first-order chi connectivity index (χ1) is 15.1. The van der Waals surface area contributed by atoms with Crippen LogP contribution in [0.1, 0.15) is 62.4 Å². The first-order valence-electron chi connectivity index (χ1n) is 11.7. The molecule has 1 aliphatic carbocycles. The van der Waals surface area contributed by atoms with Crippen LogP contribution in [-0.4, -0.2) is 33.1 Å². The fourth-order valence-electron chi connectivity index (χ4n) is 5.28. The molecule has 1 unspecified atom stereocenters. The molecule has 1 N–H and O–H groups in total. The summed E-state index contributed by atoms with van der Waals surface area (Å²) in [4.78, 5) is 13.9. The summed E-state index contributed by atoms with van der Waals surface area (Å²) in [6.45, 7) is 6.27. The monoisotopic (exact) mass is 418 g/mol. The molecule has 0 fully saturated rings. The summed E-state index contributed by atoms with van der Waals surface area (Å²) in [7, 11) is 0. The molecule has 1 aliphatic rings. The van der Waals surface area contributed by atoms with E-state index in [4.69, 9.17) is 0 Å². The lowest BCUT2D eigenvalue weighted by molar-refractivity contribution is -0.137. The van der Waals surface area contributed by atoms with Gasteiger partial charge in [0.15, 0.2) is 0 Å². The Bertz CT molecular complexity index is 1020. The zero-order valence-electron chi connectivity index (χ0n) is 18.8. The van der Waals surface area contributed by atoms with Gasteiger partial charge in [0.25, 0.3) is 0 Å². The number of hydrogen-bond acceptors (Lipinski definition) is 2. The lowest BCUT2D eigenvalue weighted by atomic mass is 9.88. The van der Waals surface area contributed by atoms with Crippen molar-refractivity contribution in [2.75, 3.05) is 6.54 Å². The second-order valence-electron chi connectivity index (χ2n) is 8.81. The van der Waals surface area contributed by atoms with Gasteiger partial charge in [-0.05, 0) is 56.3 Å². The molecule has 0 spiro atoms. The number of para-hydroxylation sites is 1. The molecule has 4 rings (SSSR count). The average molecular weight is 419 g/mol. The third-order valence-electron chi connectivity index (χ3n) is 6.92. The van der Waals surface area contributed by atoms with Gasteiger partial charge in [0.2, 0.25) is 0 Å². The van der Waals surface area contributed by atoms with Gasteiger partial charge >= 0.3 is 5.97 Å². The van der Waals surface area contributed by atoms with E-state index in [-0.39, 0.29) is 6.42 Å². The Morgan fingerprint density at radius 2 is 1.90 bits per heavy atom. The minimum atomic E-state index is -0.734. The van der Waals surface area contributed by atoms with Crippen molar-refractivity contribution in [3.8, 4) is 0 Å². The van der Waals surface area contributed by atoms with Crippen LogP contribution in [0.2, 0.25) is 0 Å². The quantitative estimate of drug-likeness (QED) is 0.475. The van der Waals surface area contributed by atoms with Crippen molar-refractivity contribution in [3.05, 3.63) is 71.4 Å². The van der Waals surface area contributed by atoms with Crippen LogP contribution in [0.4, 0.5) is 0 Å². The largest absolute Gasteiger partial charge is 0.481 e. The van der Waals surface area contributed by atoms with E-state index in [0.29, 0.717) is 18.6 Å². The van der Waals surface area contributed by atoms with Gasteiger partial charge in [0, 0.05) is 35.2 Å². The first kappa shape index (κ1) is 21.6. The highest BCUT2D eigenvalue weighted by Crippen LogP contribution is 2.36. The van der Waals surface area contributed by atoms with Crippen molar-refractivity contribution in [3.63, 3.8) is 0 Å². The summed E-state index contributed by atoms with van der Waals surface area (Å²) in [6, 6.07) is 20.3. The summed E-state index contributed by atoms with van der Waals surface area (Å²) >= 11 is 0. The molecule has 3 aromatic rings. The summed E-state index contributed by atoms with van der Waals surface area (Å²) in [6.07, 6.45) is 5.75. The van der Waals surface area contributed by atoms with Crippen molar-refractivity contribution in [1.29, 1.82) is 0 Å². The summed E-state index contributed by atoms with van der Waals surface area (Å²) < 4.78 is 2.27. The molecule has 0 bridgehead atoms. The van der Waals surface area contributed by atoms with E-state index in [1.54, 1.807) is 0 Å². The lowest BCUT2D eigenvalue weighted by Gasteiger charge is -2.39. The number of carboxylic acids is 1. The first-order valence-corrected chi connectivity index (χ1v) is 11.7. The number of aryl methyl sites for hydroxylation is 1. The molecule has 1 aromatic heterocycles. The minimum absolute atomic E-state index is 0.169. The number of unbranched alkanes of at least 4 members (excludes halogenated alkanes) is 1. The Morgan fingerprint density at radius 1 is 1.16 bits per heavy atom. The topological polar surface area (TPSA) is 45.5 Å². The Morgan fingerprint density at radius 3 is 2.65 bits per heavy atom. The summed E-state index contributed by atoms with van der Waals surface area (Å²) in [5.41, 5.74) is 5.35. The highest BCUT2D eigenvalue weighted by atomic mass is 16.4. The molecule has 2 atom stereocenters. The fraction of sp³-hybridized carbons (Fsp3) is 0.444. The highest BCUT2D eigenvalue weighted by molar-refractivity contribution is 5.86. The number of nitrogens with zero attached hydrogens (tertiary/aromatic N) is 2. The number of fused-ring (bicyclic) bond motifs is 3. The molecule has 1 heterocycles. The minimum Gasteiger partial charge on any atom is -0.481 e. The van der Waals surface area contributed by atoms with Crippen LogP contribution in [0.3, 0.4) is 0 Å². The lowest BCUT2D eigenvalue weighted by Crippen LogP contribution is -2.41. The summed E-state index contributed by atoms with van der Waals surface area (Å²) in [5, 5.41) is 10.5.